The summed E-state index contributed by atoms with van der Waals surface area (Å²) in [6, 6.07) is 2.99. The first-order valence-corrected chi connectivity index (χ1v) is 6.76. The van der Waals surface area contributed by atoms with Gasteiger partial charge in [0.15, 0.2) is 0 Å². The second-order valence-electron chi connectivity index (χ2n) is 4.88. The first kappa shape index (κ1) is 13.7. The molecule has 1 aliphatic rings. The van der Waals surface area contributed by atoms with Crippen molar-refractivity contribution in [3.05, 3.63) is 28.4 Å². The summed E-state index contributed by atoms with van der Waals surface area (Å²) in [4.78, 5) is 16.8. The standard InChI is InChI=1S/C13H20N4O2/c1-2-16(10-11-4-3-6-14-9-11)13-8-12(17(18)19)5-7-15-13/h5,7-8,11,14H,2-4,6,9-10H2,1H3. The van der Waals surface area contributed by atoms with E-state index in [1.807, 2.05) is 0 Å². The van der Waals surface area contributed by atoms with Crippen molar-refractivity contribution in [3.63, 3.8) is 0 Å². The van der Waals surface area contributed by atoms with Crippen LogP contribution in [0.5, 0.6) is 0 Å². The lowest BCUT2D eigenvalue weighted by atomic mass is 9.99. The van der Waals surface area contributed by atoms with Crippen molar-refractivity contribution in [2.45, 2.75) is 19.8 Å². The summed E-state index contributed by atoms with van der Waals surface area (Å²) in [5, 5.41) is 14.2. The SMILES string of the molecule is CCN(CC1CCCNC1)c1cc([N+](=O)[O-])ccn1. The van der Waals surface area contributed by atoms with Gasteiger partial charge in [-0.1, -0.05) is 0 Å². The first-order valence-electron chi connectivity index (χ1n) is 6.76. The van der Waals surface area contributed by atoms with Gasteiger partial charge in [0, 0.05) is 25.4 Å². The summed E-state index contributed by atoms with van der Waals surface area (Å²) in [5.74, 6) is 1.29. The van der Waals surface area contributed by atoms with Gasteiger partial charge in [-0.05, 0) is 38.8 Å². The van der Waals surface area contributed by atoms with Gasteiger partial charge >= 0.3 is 0 Å². The van der Waals surface area contributed by atoms with E-state index in [1.165, 1.54) is 25.1 Å². The molecule has 0 amide bonds. The van der Waals surface area contributed by atoms with Crippen LogP contribution in [0.4, 0.5) is 11.5 Å². The molecule has 0 radical (unpaired) electrons. The number of aromatic nitrogens is 1. The zero-order chi connectivity index (χ0) is 13.7. The van der Waals surface area contributed by atoms with Crippen LogP contribution in [0.15, 0.2) is 18.3 Å². The van der Waals surface area contributed by atoms with Gasteiger partial charge in [0.05, 0.1) is 11.0 Å². The number of nitrogens with zero attached hydrogens (tertiary/aromatic N) is 3. The van der Waals surface area contributed by atoms with Crippen LogP contribution < -0.4 is 10.2 Å². The molecule has 6 nitrogen and oxygen atoms in total. The highest BCUT2D eigenvalue weighted by atomic mass is 16.6. The zero-order valence-corrected chi connectivity index (χ0v) is 11.2. The first-order chi connectivity index (χ1) is 9.20. The van der Waals surface area contributed by atoms with Crippen LogP contribution in [0.3, 0.4) is 0 Å². The van der Waals surface area contributed by atoms with Gasteiger partial charge in [0.25, 0.3) is 5.69 Å². The largest absolute Gasteiger partial charge is 0.356 e. The van der Waals surface area contributed by atoms with Gasteiger partial charge in [-0.3, -0.25) is 10.1 Å². The lowest BCUT2D eigenvalue weighted by molar-refractivity contribution is -0.384. The molecule has 6 heteroatoms. The topological polar surface area (TPSA) is 71.3 Å². The Morgan fingerprint density at radius 1 is 1.63 bits per heavy atom. The van der Waals surface area contributed by atoms with Crippen molar-refractivity contribution in [2.24, 2.45) is 5.92 Å². The fourth-order valence-corrected chi connectivity index (χ4v) is 2.47. The Hall–Kier alpha value is -1.69. The second kappa shape index (κ2) is 6.47. The van der Waals surface area contributed by atoms with Crippen LogP contribution in [0.2, 0.25) is 0 Å². The molecule has 2 rings (SSSR count). The van der Waals surface area contributed by atoms with E-state index in [0.29, 0.717) is 11.7 Å². The normalized spacial score (nSPS) is 19.1. The molecule has 1 atom stereocenters. The van der Waals surface area contributed by atoms with E-state index in [2.05, 4.69) is 22.1 Å². The molecule has 0 aromatic carbocycles. The molecule has 0 spiro atoms. The Labute approximate surface area is 113 Å². The maximum Gasteiger partial charge on any atom is 0.274 e. The summed E-state index contributed by atoms with van der Waals surface area (Å²) in [6.45, 7) is 5.88. The summed E-state index contributed by atoms with van der Waals surface area (Å²) < 4.78 is 0. The van der Waals surface area contributed by atoms with Gasteiger partial charge in [0.2, 0.25) is 0 Å². The van der Waals surface area contributed by atoms with Crippen LogP contribution in [-0.4, -0.2) is 36.1 Å². The minimum atomic E-state index is -0.374. The lowest BCUT2D eigenvalue weighted by Gasteiger charge is -2.30. The minimum absolute atomic E-state index is 0.102. The van der Waals surface area contributed by atoms with E-state index in [4.69, 9.17) is 0 Å². The van der Waals surface area contributed by atoms with Crippen LogP contribution in [-0.2, 0) is 0 Å². The smallest absolute Gasteiger partial charge is 0.274 e. The molecule has 2 heterocycles. The fraction of sp³-hybridized carbons (Fsp3) is 0.615. The summed E-state index contributed by atoms with van der Waals surface area (Å²) in [5.41, 5.74) is 0.102. The summed E-state index contributed by atoms with van der Waals surface area (Å²) in [6.07, 6.45) is 3.91. The average Bonchev–Trinajstić information content (AvgIpc) is 2.46. The summed E-state index contributed by atoms with van der Waals surface area (Å²) in [7, 11) is 0. The molecule has 0 aliphatic carbocycles. The summed E-state index contributed by atoms with van der Waals surface area (Å²) >= 11 is 0. The zero-order valence-electron chi connectivity index (χ0n) is 11.2. The number of hydrogen-bond donors (Lipinski definition) is 1. The van der Waals surface area contributed by atoms with Gasteiger partial charge < -0.3 is 10.2 Å². The van der Waals surface area contributed by atoms with Crippen LogP contribution >= 0.6 is 0 Å². The highest BCUT2D eigenvalue weighted by Crippen LogP contribution is 2.20. The number of pyridine rings is 1. The fourth-order valence-electron chi connectivity index (χ4n) is 2.47. The monoisotopic (exact) mass is 264 g/mol. The molecule has 1 unspecified atom stereocenters. The van der Waals surface area contributed by atoms with Crippen molar-refractivity contribution in [1.82, 2.24) is 10.3 Å². The number of piperidine rings is 1. The van der Waals surface area contributed by atoms with Gasteiger partial charge in [0.1, 0.15) is 5.82 Å². The Morgan fingerprint density at radius 3 is 3.11 bits per heavy atom. The van der Waals surface area contributed by atoms with Crippen molar-refractivity contribution in [2.75, 3.05) is 31.1 Å². The van der Waals surface area contributed by atoms with Crippen LogP contribution in [0.1, 0.15) is 19.8 Å². The molecule has 1 aromatic heterocycles. The van der Waals surface area contributed by atoms with E-state index in [0.717, 1.165) is 26.2 Å². The molecule has 1 aromatic rings. The molecular weight excluding hydrogens is 244 g/mol. The number of hydrogen-bond acceptors (Lipinski definition) is 5. The molecular formula is C13H20N4O2. The predicted molar refractivity (Wildman–Crippen MR) is 74.4 cm³/mol. The van der Waals surface area contributed by atoms with E-state index < -0.39 is 0 Å². The van der Waals surface area contributed by atoms with E-state index >= 15 is 0 Å². The average molecular weight is 264 g/mol. The Kier molecular flexibility index (Phi) is 4.68. The van der Waals surface area contributed by atoms with Gasteiger partial charge in [-0.2, -0.15) is 0 Å². The van der Waals surface area contributed by atoms with Crippen molar-refractivity contribution in [3.8, 4) is 0 Å². The second-order valence-corrected chi connectivity index (χ2v) is 4.88. The van der Waals surface area contributed by atoms with E-state index in [9.17, 15) is 10.1 Å². The Bertz CT molecular complexity index is 432. The third-order valence-electron chi connectivity index (χ3n) is 3.52. The van der Waals surface area contributed by atoms with Crippen LogP contribution in [0.25, 0.3) is 0 Å². The molecule has 19 heavy (non-hydrogen) atoms. The third kappa shape index (κ3) is 3.64. The molecule has 1 saturated heterocycles. The molecule has 1 fully saturated rings. The molecule has 0 bridgehead atoms. The number of anilines is 1. The quantitative estimate of drug-likeness (QED) is 0.648. The molecule has 1 N–H and O–H groups in total. The highest BCUT2D eigenvalue weighted by Gasteiger charge is 2.18. The Balaban J connectivity index is 2.07. The highest BCUT2D eigenvalue weighted by molar-refractivity contribution is 5.46. The number of nitro groups is 1. The predicted octanol–water partition coefficient (Wildman–Crippen LogP) is 1.82. The molecule has 0 saturated carbocycles. The van der Waals surface area contributed by atoms with Gasteiger partial charge in [-0.15, -0.1) is 0 Å². The third-order valence-corrected chi connectivity index (χ3v) is 3.52. The van der Waals surface area contributed by atoms with Crippen molar-refractivity contribution >= 4 is 11.5 Å². The number of nitrogens with one attached hydrogen (secondary N) is 1. The van der Waals surface area contributed by atoms with E-state index in [1.54, 1.807) is 6.07 Å². The van der Waals surface area contributed by atoms with E-state index in [-0.39, 0.29) is 10.6 Å². The maximum atomic E-state index is 10.8. The number of rotatable bonds is 5. The van der Waals surface area contributed by atoms with Crippen molar-refractivity contribution < 1.29 is 4.92 Å². The molecule has 1 aliphatic heterocycles. The molecule has 104 valence electrons. The lowest BCUT2D eigenvalue weighted by Crippen LogP contribution is -2.38. The van der Waals surface area contributed by atoms with Crippen molar-refractivity contribution in [1.29, 1.82) is 0 Å². The Morgan fingerprint density at radius 2 is 2.47 bits per heavy atom. The van der Waals surface area contributed by atoms with Crippen LogP contribution in [0, 0.1) is 16.0 Å². The van der Waals surface area contributed by atoms with Gasteiger partial charge in [-0.25, -0.2) is 4.98 Å². The minimum Gasteiger partial charge on any atom is -0.356 e. The maximum absolute atomic E-state index is 10.8.